The zero-order valence-corrected chi connectivity index (χ0v) is 11.7. The molecule has 0 aliphatic heterocycles. The van der Waals surface area contributed by atoms with Crippen molar-refractivity contribution in [3.8, 4) is 0 Å². The molecule has 2 aromatic carbocycles. The maximum atomic E-state index is 13.7. The SMILES string of the molecule is Cc1ccc(F)cc1CC(Cc1cccc(F)c1F)NN. The monoisotopic (exact) mass is 294 g/mol. The lowest BCUT2D eigenvalue weighted by molar-refractivity contribution is 0.473. The van der Waals surface area contributed by atoms with Gasteiger partial charge in [-0.25, -0.2) is 13.2 Å². The third-order valence-corrected chi connectivity index (χ3v) is 3.51. The van der Waals surface area contributed by atoms with Crippen molar-refractivity contribution in [2.75, 3.05) is 0 Å². The Morgan fingerprint density at radius 3 is 2.48 bits per heavy atom. The van der Waals surface area contributed by atoms with E-state index in [1.807, 2.05) is 6.92 Å². The summed E-state index contributed by atoms with van der Waals surface area (Å²) in [5.74, 6) is 3.40. The molecule has 2 rings (SSSR count). The van der Waals surface area contributed by atoms with Gasteiger partial charge in [-0.1, -0.05) is 18.2 Å². The summed E-state index contributed by atoms with van der Waals surface area (Å²) in [4.78, 5) is 0. The zero-order chi connectivity index (χ0) is 15.4. The quantitative estimate of drug-likeness (QED) is 0.657. The average Bonchev–Trinajstić information content (AvgIpc) is 2.46. The molecule has 3 N–H and O–H groups in total. The van der Waals surface area contributed by atoms with Crippen molar-refractivity contribution in [2.24, 2.45) is 5.84 Å². The average molecular weight is 294 g/mol. The fourth-order valence-electron chi connectivity index (χ4n) is 2.29. The fourth-order valence-corrected chi connectivity index (χ4v) is 2.29. The van der Waals surface area contributed by atoms with Gasteiger partial charge < -0.3 is 0 Å². The smallest absolute Gasteiger partial charge is 0.162 e. The van der Waals surface area contributed by atoms with Gasteiger partial charge >= 0.3 is 0 Å². The van der Waals surface area contributed by atoms with E-state index in [-0.39, 0.29) is 23.8 Å². The highest BCUT2D eigenvalue weighted by Crippen LogP contribution is 2.17. The molecule has 0 spiro atoms. The number of benzene rings is 2. The normalized spacial score (nSPS) is 12.4. The molecule has 0 saturated carbocycles. The van der Waals surface area contributed by atoms with Crippen LogP contribution in [0.2, 0.25) is 0 Å². The third-order valence-electron chi connectivity index (χ3n) is 3.51. The van der Waals surface area contributed by atoms with Gasteiger partial charge in [-0.3, -0.25) is 11.3 Å². The van der Waals surface area contributed by atoms with E-state index >= 15 is 0 Å². The molecule has 0 amide bonds. The van der Waals surface area contributed by atoms with Crippen LogP contribution in [0, 0.1) is 24.4 Å². The van der Waals surface area contributed by atoms with E-state index in [1.165, 1.54) is 24.3 Å². The highest BCUT2D eigenvalue weighted by Gasteiger charge is 2.15. The minimum absolute atomic E-state index is 0.218. The summed E-state index contributed by atoms with van der Waals surface area (Å²) in [5.41, 5.74) is 4.54. The van der Waals surface area contributed by atoms with E-state index in [0.717, 1.165) is 17.2 Å². The Labute approximate surface area is 121 Å². The number of nitrogens with one attached hydrogen (secondary N) is 1. The first kappa shape index (κ1) is 15.5. The van der Waals surface area contributed by atoms with Gasteiger partial charge in [0.25, 0.3) is 0 Å². The Morgan fingerprint density at radius 2 is 1.76 bits per heavy atom. The lowest BCUT2D eigenvalue weighted by Crippen LogP contribution is -2.38. The Kier molecular flexibility index (Phi) is 4.98. The summed E-state index contributed by atoms with van der Waals surface area (Å²) >= 11 is 0. The van der Waals surface area contributed by atoms with Crippen LogP contribution in [-0.2, 0) is 12.8 Å². The number of rotatable bonds is 5. The van der Waals surface area contributed by atoms with Crippen LogP contribution in [0.15, 0.2) is 36.4 Å². The predicted molar refractivity (Wildman–Crippen MR) is 76.0 cm³/mol. The second kappa shape index (κ2) is 6.74. The molecule has 112 valence electrons. The second-order valence-corrected chi connectivity index (χ2v) is 5.06. The van der Waals surface area contributed by atoms with Gasteiger partial charge in [0.1, 0.15) is 5.82 Å². The predicted octanol–water partition coefficient (Wildman–Crippen LogP) is 3.03. The Bertz CT molecular complexity index is 625. The summed E-state index contributed by atoms with van der Waals surface area (Å²) < 4.78 is 40.2. The first-order chi connectivity index (χ1) is 10.0. The summed E-state index contributed by atoms with van der Waals surface area (Å²) in [7, 11) is 0. The summed E-state index contributed by atoms with van der Waals surface area (Å²) in [6, 6.07) is 8.22. The summed E-state index contributed by atoms with van der Waals surface area (Å²) in [6.07, 6.45) is 0.645. The highest BCUT2D eigenvalue weighted by molar-refractivity contribution is 5.28. The molecule has 1 unspecified atom stereocenters. The van der Waals surface area contributed by atoms with Crippen LogP contribution in [0.1, 0.15) is 16.7 Å². The standard InChI is InChI=1S/C16H17F3N2/c1-10-5-6-13(17)7-12(10)9-14(21-20)8-11-3-2-4-15(18)16(11)19/h2-7,14,21H,8-9,20H2,1H3. The molecular formula is C16H17F3N2. The van der Waals surface area contributed by atoms with Crippen molar-refractivity contribution in [3.63, 3.8) is 0 Å². The van der Waals surface area contributed by atoms with Crippen LogP contribution in [-0.4, -0.2) is 6.04 Å². The first-order valence-electron chi connectivity index (χ1n) is 6.65. The van der Waals surface area contributed by atoms with E-state index < -0.39 is 11.6 Å². The zero-order valence-electron chi connectivity index (χ0n) is 11.7. The molecule has 5 heteroatoms. The molecule has 0 fully saturated rings. The molecule has 0 bridgehead atoms. The van der Waals surface area contributed by atoms with Gasteiger partial charge in [0.15, 0.2) is 11.6 Å². The summed E-state index contributed by atoms with van der Waals surface area (Å²) in [6.45, 7) is 1.87. The van der Waals surface area contributed by atoms with Crippen molar-refractivity contribution in [1.29, 1.82) is 0 Å². The third kappa shape index (κ3) is 3.83. The number of halogens is 3. The molecule has 0 saturated heterocycles. The van der Waals surface area contributed by atoms with E-state index in [9.17, 15) is 13.2 Å². The van der Waals surface area contributed by atoms with Crippen LogP contribution in [0.25, 0.3) is 0 Å². The van der Waals surface area contributed by atoms with Crippen molar-refractivity contribution < 1.29 is 13.2 Å². The van der Waals surface area contributed by atoms with Crippen LogP contribution in [0.4, 0.5) is 13.2 Å². The maximum absolute atomic E-state index is 13.7. The molecule has 0 aliphatic carbocycles. The molecule has 0 aromatic heterocycles. The molecule has 21 heavy (non-hydrogen) atoms. The Morgan fingerprint density at radius 1 is 1.05 bits per heavy atom. The lowest BCUT2D eigenvalue weighted by Gasteiger charge is -2.18. The number of hydrogen-bond acceptors (Lipinski definition) is 2. The molecular weight excluding hydrogens is 277 g/mol. The molecule has 0 aliphatic rings. The van der Waals surface area contributed by atoms with Gasteiger partial charge in [-0.05, 0) is 54.7 Å². The first-order valence-corrected chi connectivity index (χ1v) is 6.65. The minimum atomic E-state index is -0.884. The number of nitrogens with two attached hydrogens (primary N) is 1. The Hall–Kier alpha value is -1.85. The minimum Gasteiger partial charge on any atom is -0.271 e. The van der Waals surface area contributed by atoms with Crippen molar-refractivity contribution in [3.05, 3.63) is 70.5 Å². The van der Waals surface area contributed by atoms with Gasteiger partial charge in [0, 0.05) is 6.04 Å². The largest absolute Gasteiger partial charge is 0.271 e. The van der Waals surface area contributed by atoms with Gasteiger partial charge in [0.2, 0.25) is 0 Å². The van der Waals surface area contributed by atoms with Crippen molar-refractivity contribution in [2.45, 2.75) is 25.8 Å². The van der Waals surface area contributed by atoms with E-state index in [1.54, 1.807) is 6.07 Å². The maximum Gasteiger partial charge on any atom is 0.162 e. The fraction of sp³-hybridized carbons (Fsp3) is 0.250. The molecule has 0 heterocycles. The second-order valence-electron chi connectivity index (χ2n) is 5.06. The molecule has 2 nitrogen and oxygen atoms in total. The molecule has 2 aromatic rings. The van der Waals surface area contributed by atoms with Gasteiger partial charge in [-0.2, -0.15) is 0 Å². The topological polar surface area (TPSA) is 38.0 Å². The van der Waals surface area contributed by atoms with Crippen LogP contribution in [0.5, 0.6) is 0 Å². The van der Waals surface area contributed by atoms with Gasteiger partial charge in [0.05, 0.1) is 0 Å². The van der Waals surface area contributed by atoms with Gasteiger partial charge in [-0.15, -0.1) is 0 Å². The number of aryl methyl sites for hydroxylation is 1. The van der Waals surface area contributed by atoms with E-state index in [4.69, 9.17) is 5.84 Å². The lowest BCUT2D eigenvalue weighted by atomic mass is 9.96. The van der Waals surface area contributed by atoms with E-state index in [0.29, 0.717) is 6.42 Å². The number of hydrogen-bond donors (Lipinski definition) is 2. The summed E-state index contributed by atoms with van der Waals surface area (Å²) in [5, 5.41) is 0. The van der Waals surface area contributed by atoms with Crippen LogP contribution >= 0.6 is 0 Å². The number of hydrazine groups is 1. The van der Waals surface area contributed by atoms with Crippen molar-refractivity contribution >= 4 is 0 Å². The van der Waals surface area contributed by atoms with E-state index in [2.05, 4.69) is 5.43 Å². The van der Waals surface area contributed by atoms with Crippen LogP contribution < -0.4 is 11.3 Å². The van der Waals surface area contributed by atoms with Crippen LogP contribution in [0.3, 0.4) is 0 Å². The molecule has 0 radical (unpaired) electrons. The highest BCUT2D eigenvalue weighted by atomic mass is 19.2. The molecule has 1 atom stereocenters. The van der Waals surface area contributed by atoms with Crippen molar-refractivity contribution in [1.82, 2.24) is 5.43 Å². The Balaban J connectivity index is 2.17.